The normalized spacial score (nSPS) is 27.6. The van der Waals surface area contributed by atoms with Crippen LogP contribution >= 0.6 is 0 Å². The number of pyridine rings is 1. The summed E-state index contributed by atoms with van der Waals surface area (Å²) in [5, 5.41) is 1.57. The molecule has 282 valence electrons. The van der Waals surface area contributed by atoms with Crippen molar-refractivity contribution in [3.8, 4) is 29.6 Å². The van der Waals surface area contributed by atoms with Crippen molar-refractivity contribution in [2.75, 3.05) is 31.1 Å². The fourth-order valence-electron chi connectivity index (χ4n) is 10.2. The second-order valence-corrected chi connectivity index (χ2v) is 16.8. The number of terminal acetylenes is 1. The Kier molecular flexibility index (Phi) is 8.27. The number of hydrogen-bond donors (Lipinski definition) is 0. The number of benzene rings is 2. The van der Waals surface area contributed by atoms with Crippen molar-refractivity contribution in [2.45, 2.75) is 114 Å². The minimum Gasteiger partial charge on any atom is -0.461 e. The Hall–Kier alpha value is -4.63. The van der Waals surface area contributed by atoms with Gasteiger partial charge in [0.2, 0.25) is 0 Å². The number of rotatable bonds is 5. The van der Waals surface area contributed by atoms with E-state index in [1.54, 1.807) is 18.2 Å². The number of alkyl halides is 1. The molecule has 2 aromatic carbocycles. The van der Waals surface area contributed by atoms with Crippen molar-refractivity contribution < 1.29 is 27.4 Å². The maximum atomic E-state index is 17.5. The van der Waals surface area contributed by atoms with Crippen LogP contribution in [-0.2, 0) is 4.74 Å². The first kappa shape index (κ1) is 35.1. The Bertz CT molecular complexity index is 2240. The van der Waals surface area contributed by atoms with E-state index in [2.05, 4.69) is 22.6 Å². The number of aromatic nitrogens is 3. The van der Waals surface area contributed by atoms with Crippen molar-refractivity contribution in [1.29, 1.82) is 0 Å². The summed E-state index contributed by atoms with van der Waals surface area (Å²) in [7, 11) is 0. The zero-order valence-corrected chi connectivity index (χ0v) is 31.2. The lowest BCUT2D eigenvalue weighted by atomic mass is 9.88. The molecule has 4 aromatic rings. The third-order valence-electron chi connectivity index (χ3n) is 12.5. The van der Waals surface area contributed by atoms with Crippen LogP contribution < -0.4 is 9.64 Å². The second-order valence-electron chi connectivity index (χ2n) is 16.8. The SMILES string of the molecule is C#Cc1c(F)ccc2cccc(-c3nc4c5c(nc(OC[C@@]67CCCN6C[C@H](F)C7)nc5c3F)N3C[C@H]5CC[C@@H]([C@H]3C[C@@H]4CC)N5C(=O)OC(C)(C)C)c12. The molecular formula is C42H45F3N6O3. The molecule has 0 unspecified atom stereocenters. The Morgan fingerprint density at radius 1 is 1.07 bits per heavy atom. The Labute approximate surface area is 313 Å². The van der Waals surface area contributed by atoms with Gasteiger partial charge in [0.15, 0.2) is 5.82 Å². The van der Waals surface area contributed by atoms with Crippen LogP contribution in [0, 0.1) is 24.0 Å². The van der Waals surface area contributed by atoms with E-state index in [-0.39, 0.29) is 59.5 Å². The van der Waals surface area contributed by atoms with E-state index >= 15 is 8.78 Å². The highest BCUT2D eigenvalue weighted by Crippen LogP contribution is 2.49. The lowest BCUT2D eigenvalue weighted by molar-refractivity contribution is 0.00684. The lowest BCUT2D eigenvalue weighted by Gasteiger charge is -2.47. The molecule has 1 amide bonds. The minimum atomic E-state index is -0.938. The summed E-state index contributed by atoms with van der Waals surface area (Å²) in [6.07, 6.45) is 9.60. The number of carbonyl (C=O) groups excluding carboxylic acids is 1. The first-order chi connectivity index (χ1) is 25.9. The summed E-state index contributed by atoms with van der Waals surface area (Å²) < 4.78 is 59.8. The molecule has 9 rings (SSSR count). The summed E-state index contributed by atoms with van der Waals surface area (Å²) in [4.78, 5) is 35.0. The molecule has 2 bridgehead atoms. The third-order valence-corrected chi connectivity index (χ3v) is 12.5. The van der Waals surface area contributed by atoms with Gasteiger partial charge < -0.3 is 14.4 Å². The molecule has 54 heavy (non-hydrogen) atoms. The van der Waals surface area contributed by atoms with Crippen LogP contribution in [0.25, 0.3) is 32.9 Å². The number of amides is 1. The fraction of sp³-hybridized carbons (Fsp3) is 0.524. The number of piperazine rings is 1. The Morgan fingerprint density at radius 2 is 1.91 bits per heavy atom. The summed E-state index contributed by atoms with van der Waals surface area (Å²) in [5.74, 6) is 1.59. The Balaban J connectivity index is 1.23. The van der Waals surface area contributed by atoms with Crippen molar-refractivity contribution in [3.63, 3.8) is 0 Å². The number of fused-ring (bicyclic) bond motifs is 7. The van der Waals surface area contributed by atoms with Gasteiger partial charge in [0.05, 0.1) is 40.3 Å². The summed E-state index contributed by atoms with van der Waals surface area (Å²) in [6.45, 7) is 9.52. The van der Waals surface area contributed by atoms with Crippen molar-refractivity contribution in [1.82, 2.24) is 24.8 Å². The standard InChI is InChI=1S/C42H45F3N6O3/c1-6-23-18-31-30-15-13-26(51(30)40(52)54-41(3,4)5)21-50(31)38-33-35(23)46-36(28-11-8-10-24-12-14-29(44)27(7-2)32(24)28)34(45)37(33)47-39(48-38)53-22-42-16-9-17-49(42)20-25(43)19-42/h2,8,10-12,14,23,25-26,30-31H,6,9,13,15-22H2,1,3-5H3/t23-,25+,26+,30-,31+,42-/m0/s1. The molecule has 6 atom stereocenters. The van der Waals surface area contributed by atoms with E-state index in [4.69, 9.17) is 30.8 Å². The van der Waals surface area contributed by atoms with Gasteiger partial charge in [-0.1, -0.05) is 37.1 Å². The largest absolute Gasteiger partial charge is 0.461 e. The maximum Gasteiger partial charge on any atom is 0.410 e. The van der Waals surface area contributed by atoms with E-state index in [1.165, 1.54) is 6.07 Å². The average Bonchev–Trinajstić information content (AvgIpc) is 3.75. The van der Waals surface area contributed by atoms with E-state index in [1.807, 2.05) is 31.7 Å². The predicted octanol–water partition coefficient (Wildman–Crippen LogP) is 7.91. The minimum absolute atomic E-state index is 0.00642. The molecule has 5 aliphatic heterocycles. The van der Waals surface area contributed by atoms with Crippen molar-refractivity contribution in [2.24, 2.45) is 0 Å². The number of nitrogens with zero attached hydrogens (tertiary/aromatic N) is 6. The van der Waals surface area contributed by atoms with Crippen LogP contribution in [0.15, 0.2) is 30.3 Å². The highest BCUT2D eigenvalue weighted by Gasteiger charge is 2.53. The molecule has 9 nitrogen and oxygen atoms in total. The van der Waals surface area contributed by atoms with Crippen LogP contribution in [0.5, 0.6) is 6.01 Å². The van der Waals surface area contributed by atoms with Gasteiger partial charge in [0.25, 0.3) is 0 Å². The molecule has 0 spiro atoms. The third kappa shape index (κ3) is 5.48. The van der Waals surface area contributed by atoms with Gasteiger partial charge in [-0.2, -0.15) is 9.97 Å². The van der Waals surface area contributed by atoms with E-state index in [0.717, 1.165) is 32.2 Å². The van der Waals surface area contributed by atoms with Gasteiger partial charge in [0.1, 0.15) is 41.2 Å². The van der Waals surface area contributed by atoms with Crippen LogP contribution in [0.1, 0.15) is 89.8 Å². The van der Waals surface area contributed by atoms with Crippen LogP contribution in [0.2, 0.25) is 0 Å². The number of hydrogen-bond acceptors (Lipinski definition) is 8. The smallest absolute Gasteiger partial charge is 0.410 e. The average molecular weight is 739 g/mol. The Morgan fingerprint density at radius 3 is 2.69 bits per heavy atom. The topological polar surface area (TPSA) is 83.9 Å². The maximum absolute atomic E-state index is 17.5. The molecule has 0 N–H and O–H groups in total. The molecular weight excluding hydrogens is 693 g/mol. The molecule has 0 radical (unpaired) electrons. The lowest BCUT2D eigenvalue weighted by Crippen LogP contribution is -2.62. The monoisotopic (exact) mass is 738 g/mol. The number of anilines is 1. The number of halogens is 3. The van der Waals surface area contributed by atoms with Crippen LogP contribution in [-0.4, -0.2) is 92.5 Å². The fourth-order valence-corrected chi connectivity index (χ4v) is 10.2. The van der Waals surface area contributed by atoms with E-state index < -0.39 is 28.9 Å². The van der Waals surface area contributed by atoms with Gasteiger partial charge in [-0.15, -0.1) is 6.42 Å². The molecule has 12 heteroatoms. The first-order valence-electron chi connectivity index (χ1n) is 19.3. The first-order valence-corrected chi connectivity index (χ1v) is 19.3. The van der Waals surface area contributed by atoms with Gasteiger partial charge in [0, 0.05) is 36.4 Å². The molecule has 5 aliphatic rings. The van der Waals surface area contributed by atoms with Gasteiger partial charge in [-0.05, 0) is 77.3 Å². The van der Waals surface area contributed by atoms with Crippen molar-refractivity contribution >= 4 is 33.6 Å². The molecule has 7 heterocycles. The molecule has 4 saturated heterocycles. The van der Waals surface area contributed by atoms with Crippen LogP contribution in [0.4, 0.5) is 23.8 Å². The summed E-state index contributed by atoms with van der Waals surface area (Å²) in [6, 6.07) is 7.81. The van der Waals surface area contributed by atoms with Gasteiger partial charge in [-0.3, -0.25) is 9.80 Å². The predicted molar refractivity (Wildman–Crippen MR) is 200 cm³/mol. The molecule has 4 fully saturated rings. The molecule has 2 aromatic heterocycles. The zero-order valence-electron chi connectivity index (χ0n) is 31.2. The zero-order chi connectivity index (χ0) is 37.7. The highest BCUT2D eigenvalue weighted by molar-refractivity contribution is 6.03. The summed E-state index contributed by atoms with van der Waals surface area (Å²) >= 11 is 0. The van der Waals surface area contributed by atoms with Gasteiger partial charge in [-0.25, -0.2) is 22.9 Å². The number of ether oxygens (including phenoxy) is 2. The van der Waals surface area contributed by atoms with Crippen molar-refractivity contribution in [3.05, 3.63) is 53.2 Å². The van der Waals surface area contributed by atoms with E-state index in [9.17, 15) is 9.18 Å². The second kappa shape index (κ2) is 12.7. The van der Waals surface area contributed by atoms with Gasteiger partial charge >= 0.3 is 12.1 Å². The molecule has 0 aliphatic carbocycles. The summed E-state index contributed by atoms with van der Waals surface area (Å²) in [5.41, 5.74) is 0.00798. The van der Waals surface area contributed by atoms with E-state index in [0.29, 0.717) is 65.6 Å². The number of carbonyl (C=O) groups is 1. The highest BCUT2D eigenvalue weighted by atomic mass is 19.1. The quantitative estimate of drug-likeness (QED) is 0.191. The molecule has 0 saturated carbocycles. The van der Waals surface area contributed by atoms with Crippen LogP contribution in [0.3, 0.4) is 0 Å².